The molecule has 0 bridgehead atoms. The monoisotopic (exact) mass is 393 g/mol. The average molecular weight is 393 g/mol. The Morgan fingerprint density at radius 3 is 2.55 bits per heavy atom. The van der Waals surface area contributed by atoms with Crippen LogP contribution in [0.5, 0.6) is 11.5 Å². The third kappa shape index (κ3) is 4.94. The van der Waals surface area contributed by atoms with Crippen LogP contribution in [0.2, 0.25) is 0 Å². The van der Waals surface area contributed by atoms with Gasteiger partial charge in [-0.2, -0.15) is 0 Å². The fourth-order valence-corrected chi connectivity index (χ4v) is 4.25. The fraction of sp³-hybridized carbons (Fsp3) is 0.435. The van der Waals surface area contributed by atoms with Gasteiger partial charge in [0.1, 0.15) is 11.5 Å². The van der Waals surface area contributed by atoms with E-state index in [9.17, 15) is 9.59 Å². The van der Waals surface area contributed by atoms with Crippen molar-refractivity contribution >= 4 is 17.5 Å². The number of nitrogens with one attached hydrogen (secondary N) is 1. The second kappa shape index (κ2) is 9.07. The first-order valence-electron chi connectivity index (χ1n) is 10.5. The van der Waals surface area contributed by atoms with E-state index < -0.39 is 0 Å². The fourth-order valence-electron chi connectivity index (χ4n) is 4.25. The third-order valence-electron chi connectivity index (χ3n) is 5.78. The Morgan fingerprint density at radius 2 is 1.79 bits per heavy atom. The zero-order chi connectivity index (χ0) is 20.1. The van der Waals surface area contributed by atoms with Crippen LogP contribution in [0.3, 0.4) is 0 Å². The lowest BCUT2D eigenvalue weighted by Crippen LogP contribution is -2.37. The number of carbonyl (C=O) groups is 2. The molecule has 1 aliphatic carbocycles. The van der Waals surface area contributed by atoms with Gasteiger partial charge in [-0.3, -0.25) is 14.6 Å². The van der Waals surface area contributed by atoms with E-state index in [0.29, 0.717) is 36.2 Å². The van der Waals surface area contributed by atoms with Crippen molar-refractivity contribution in [2.45, 2.75) is 51.0 Å². The van der Waals surface area contributed by atoms with Gasteiger partial charge in [0.05, 0.1) is 5.92 Å². The Labute approximate surface area is 171 Å². The van der Waals surface area contributed by atoms with Crippen LogP contribution < -0.4 is 10.1 Å². The molecule has 1 saturated heterocycles. The summed E-state index contributed by atoms with van der Waals surface area (Å²) in [4.78, 5) is 31.2. The second-order valence-corrected chi connectivity index (χ2v) is 7.89. The lowest BCUT2D eigenvalue weighted by atomic mass is 10.1. The number of hydrogen-bond acceptors (Lipinski definition) is 4. The smallest absolute Gasteiger partial charge is 0.229 e. The molecule has 2 amide bonds. The predicted octanol–water partition coefficient (Wildman–Crippen LogP) is 4.38. The van der Waals surface area contributed by atoms with Crippen molar-refractivity contribution in [3.63, 3.8) is 0 Å². The molecule has 4 rings (SSSR count). The molecule has 1 N–H and O–H groups in total. The van der Waals surface area contributed by atoms with Crippen molar-refractivity contribution in [1.29, 1.82) is 0 Å². The number of pyridine rings is 1. The third-order valence-corrected chi connectivity index (χ3v) is 5.78. The number of likely N-dealkylation sites (tertiary alicyclic amines) is 1. The molecular formula is C23H27N3O3. The van der Waals surface area contributed by atoms with Crippen LogP contribution in [0.15, 0.2) is 48.8 Å². The largest absolute Gasteiger partial charge is 0.457 e. The Morgan fingerprint density at radius 1 is 1.03 bits per heavy atom. The number of hydrogen-bond donors (Lipinski definition) is 1. The summed E-state index contributed by atoms with van der Waals surface area (Å²) in [6, 6.07) is 11.1. The van der Waals surface area contributed by atoms with E-state index in [0.717, 1.165) is 12.8 Å². The Hall–Kier alpha value is -2.89. The maximum atomic E-state index is 12.8. The summed E-state index contributed by atoms with van der Waals surface area (Å²) in [5.41, 5.74) is 0.668. The molecule has 1 aliphatic heterocycles. The van der Waals surface area contributed by atoms with Gasteiger partial charge in [0.25, 0.3) is 0 Å². The van der Waals surface area contributed by atoms with Crippen molar-refractivity contribution in [3.8, 4) is 11.5 Å². The van der Waals surface area contributed by atoms with Crippen LogP contribution in [0.4, 0.5) is 5.69 Å². The van der Waals surface area contributed by atoms with E-state index in [1.807, 2.05) is 23.1 Å². The van der Waals surface area contributed by atoms with Gasteiger partial charge in [-0.15, -0.1) is 0 Å². The summed E-state index contributed by atoms with van der Waals surface area (Å²) in [6.45, 7) is 0.530. The highest BCUT2D eigenvalue weighted by atomic mass is 16.5. The number of anilines is 1. The molecule has 0 radical (unpaired) electrons. The predicted molar refractivity (Wildman–Crippen MR) is 111 cm³/mol. The number of nitrogens with zero attached hydrogens (tertiary/aromatic N) is 2. The summed E-state index contributed by atoms with van der Waals surface area (Å²) >= 11 is 0. The summed E-state index contributed by atoms with van der Waals surface area (Å²) < 4.78 is 5.80. The van der Waals surface area contributed by atoms with Crippen LogP contribution in [0.25, 0.3) is 0 Å². The highest BCUT2D eigenvalue weighted by Crippen LogP contribution is 2.29. The van der Waals surface area contributed by atoms with Crippen LogP contribution >= 0.6 is 0 Å². The minimum Gasteiger partial charge on any atom is -0.457 e. The highest BCUT2D eigenvalue weighted by molar-refractivity contribution is 5.97. The number of ether oxygens (including phenoxy) is 1. The molecule has 1 saturated carbocycles. The number of benzene rings is 1. The quantitative estimate of drug-likeness (QED) is 0.765. The summed E-state index contributed by atoms with van der Waals surface area (Å²) in [6.07, 6.45) is 10.6. The van der Waals surface area contributed by atoms with Crippen LogP contribution in [-0.2, 0) is 9.59 Å². The Kier molecular flexibility index (Phi) is 6.08. The van der Waals surface area contributed by atoms with Gasteiger partial charge in [0.2, 0.25) is 11.8 Å². The molecule has 6 heteroatoms. The molecule has 152 valence electrons. The summed E-state index contributed by atoms with van der Waals surface area (Å²) in [5.74, 6) is 1.04. The molecule has 2 heterocycles. The van der Waals surface area contributed by atoms with Crippen LogP contribution in [0.1, 0.15) is 44.9 Å². The van der Waals surface area contributed by atoms with Gasteiger partial charge < -0.3 is 15.0 Å². The van der Waals surface area contributed by atoms with Gasteiger partial charge in [-0.25, -0.2) is 0 Å². The first kappa shape index (κ1) is 19.4. The van der Waals surface area contributed by atoms with E-state index in [-0.39, 0.29) is 17.7 Å². The highest BCUT2D eigenvalue weighted by Gasteiger charge is 2.37. The number of amides is 2. The van der Waals surface area contributed by atoms with Gasteiger partial charge in [0, 0.05) is 43.2 Å². The number of rotatable bonds is 5. The van der Waals surface area contributed by atoms with E-state index in [1.165, 1.54) is 25.7 Å². The topological polar surface area (TPSA) is 71.5 Å². The summed E-state index contributed by atoms with van der Waals surface area (Å²) in [5, 5.41) is 2.96. The molecule has 1 aromatic carbocycles. The first-order valence-corrected chi connectivity index (χ1v) is 10.5. The molecular weight excluding hydrogens is 366 g/mol. The molecule has 2 fully saturated rings. The Balaban J connectivity index is 1.37. The van der Waals surface area contributed by atoms with E-state index >= 15 is 0 Å². The molecule has 1 atom stereocenters. The van der Waals surface area contributed by atoms with E-state index in [1.54, 1.807) is 30.6 Å². The lowest BCUT2D eigenvalue weighted by Gasteiger charge is -2.27. The number of carbonyl (C=O) groups excluding carboxylic acids is 2. The second-order valence-electron chi connectivity index (χ2n) is 7.89. The first-order chi connectivity index (χ1) is 14.2. The SMILES string of the molecule is O=C(Nc1cccc(Oc2ccncc2)c1)C1CC(=O)N(C2CCCCCC2)C1. The zero-order valence-corrected chi connectivity index (χ0v) is 16.5. The minimum atomic E-state index is -0.296. The molecule has 29 heavy (non-hydrogen) atoms. The average Bonchev–Trinajstić information content (AvgIpc) is 2.93. The molecule has 6 nitrogen and oxygen atoms in total. The molecule has 2 aromatic rings. The zero-order valence-electron chi connectivity index (χ0n) is 16.5. The van der Waals surface area contributed by atoms with E-state index in [4.69, 9.17) is 4.74 Å². The normalized spacial score (nSPS) is 20.3. The maximum Gasteiger partial charge on any atom is 0.229 e. The van der Waals surface area contributed by atoms with Crippen molar-refractivity contribution in [2.24, 2.45) is 5.92 Å². The van der Waals surface area contributed by atoms with Crippen molar-refractivity contribution in [2.75, 3.05) is 11.9 Å². The van der Waals surface area contributed by atoms with Crippen molar-refractivity contribution < 1.29 is 14.3 Å². The molecule has 2 aliphatic rings. The Bertz CT molecular complexity index is 847. The maximum absolute atomic E-state index is 12.8. The van der Waals surface area contributed by atoms with Crippen LogP contribution in [0, 0.1) is 5.92 Å². The summed E-state index contributed by atoms with van der Waals surface area (Å²) in [7, 11) is 0. The molecule has 1 unspecified atom stereocenters. The number of aromatic nitrogens is 1. The minimum absolute atomic E-state index is 0.101. The van der Waals surface area contributed by atoms with Gasteiger partial charge in [0.15, 0.2) is 0 Å². The van der Waals surface area contributed by atoms with Gasteiger partial charge in [-0.05, 0) is 37.1 Å². The molecule has 0 spiro atoms. The van der Waals surface area contributed by atoms with Crippen molar-refractivity contribution in [1.82, 2.24) is 9.88 Å². The lowest BCUT2D eigenvalue weighted by molar-refractivity contribution is -0.130. The van der Waals surface area contributed by atoms with Gasteiger partial charge in [-0.1, -0.05) is 31.7 Å². The van der Waals surface area contributed by atoms with Gasteiger partial charge >= 0.3 is 0 Å². The van der Waals surface area contributed by atoms with Crippen LogP contribution in [-0.4, -0.2) is 34.3 Å². The molecule has 1 aromatic heterocycles. The standard InChI is InChI=1S/C23H27N3O3/c27-22-14-17(16-26(22)19-7-3-1-2-4-8-19)23(28)25-18-6-5-9-21(15-18)29-20-10-12-24-13-11-20/h5-6,9-13,15,17,19H,1-4,7-8,14,16H2,(H,25,28). The van der Waals surface area contributed by atoms with E-state index in [2.05, 4.69) is 10.3 Å². The van der Waals surface area contributed by atoms with Crippen molar-refractivity contribution in [3.05, 3.63) is 48.8 Å².